The van der Waals surface area contributed by atoms with Crippen molar-refractivity contribution in [2.24, 2.45) is 0 Å². The predicted octanol–water partition coefficient (Wildman–Crippen LogP) is 6.99. The van der Waals surface area contributed by atoms with E-state index in [2.05, 4.69) is 44.5 Å². The fourth-order valence-electron chi connectivity index (χ4n) is 1.36. The number of hydrogen-bond donors (Lipinski definition) is 0. The Labute approximate surface area is 137 Å². The van der Waals surface area contributed by atoms with Crippen LogP contribution in [0.2, 0.25) is 0 Å². The van der Waals surface area contributed by atoms with Gasteiger partial charge in [0.1, 0.15) is 0 Å². The summed E-state index contributed by atoms with van der Waals surface area (Å²) >= 11 is 0. The third kappa shape index (κ3) is 12.1. The Bertz CT molecular complexity index is 417. The smallest absolute Gasteiger partial charge is 0.0785 e. The summed E-state index contributed by atoms with van der Waals surface area (Å²) in [7, 11) is 0.500. The van der Waals surface area contributed by atoms with Crippen LogP contribution in [0.3, 0.4) is 0 Å². The third-order valence-corrected chi connectivity index (χ3v) is 2.36. The molecule has 0 saturated heterocycles. The minimum Gasteiger partial charge on any atom is -0.255 e. The number of hydrogen-bond acceptors (Lipinski definition) is 1. The molecule has 0 aromatic carbocycles. The van der Waals surface area contributed by atoms with Crippen molar-refractivity contribution in [1.82, 2.24) is 4.98 Å². The second-order valence-corrected chi connectivity index (χ2v) is 4.07. The van der Waals surface area contributed by atoms with Crippen LogP contribution in [0.5, 0.6) is 0 Å². The maximum absolute atomic E-state index is 9.50. The number of nitrogens with zero attached hydrogens (tertiary/aromatic N) is 1. The summed E-state index contributed by atoms with van der Waals surface area (Å²) in [5.74, 6) is 0.469. The molecule has 0 fully saturated rings. The molecule has 0 unspecified atom stereocenters. The average molecular weight is 307 g/mol. The van der Waals surface area contributed by atoms with Crippen molar-refractivity contribution in [3.05, 3.63) is 60.5 Å². The number of allylic oxidation sites excluding steroid dienone is 5. The van der Waals surface area contributed by atoms with Gasteiger partial charge in [-0.2, -0.15) is 0 Å². The lowest BCUT2D eigenvalue weighted by molar-refractivity contribution is 0.636. The average Bonchev–Trinajstić information content (AvgIpc) is 2.60. The van der Waals surface area contributed by atoms with Crippen molar-refractivity contribution < 1.29 is 4.39 Å². The molecule has 0 N–H and O–H groups in total. The molecular formula is C20H34FN. The molecule has 1 rings (SSSR count). The Kier molecular flexibility index (Phi) is 22.2. The quantitative estimate of drug-likeness (QED) is 0.546. The van der Waals surface area contributed by atoms with E-state index >= 15 is 0 Å². The number of pyridine rings is 1. The van der Waals surface area contributed by atoms with Crippen molar-refractivity contribution in [2.75, 3.05) is 7.18 Å². The van der Waals surface area contributed by atoms with Gasteiger partial charge in [-0.25, -0.2) is 0 Å². The molecule has 22 heavy (non-hydrogen) atoms. The van der Waals surface area contributed by atoms with Gasteiger partial charge < -0.3 is 0 Å². The van der Waals surface area contributed by atoms with Gasteiger partial charge in [0.25, 0.3) is 0 Å². The van der Waals surface area contributed by atoms with Gasteiger partial charge in [0, 0.05) is 5.69 Å². The molecule has 2 heteroatoms. The van der Waals surface area contributed by atoms with Crippen molar-refractivity contribution in [2.45, 2.75) is 54.4 Å². The van der Waals surface area contributed by atoms with Gasteiger partial charge in [0.15, 0.2) is 0 Å². The molecule has 0 aliphatic heterocycles. The standard InChI is InChI=1S/C15H19N.2C2H6.CH3F/c1-5-6-7-9-13(4)15-11-8-10-14(16-15)12(2)3;3*1-2/h5-12H,1H2,2-4H3;2*1-2H3;1H3/b7-6-,13-9+;;;. The Balaban J connectivity index is -0.000000535. The van der Waals surface area contributed by atoms with E-state index in [0.29, 0.717) is 13.1 Å². The first-order valence-electron chi connectivity index (χ1n) is 7.96. The Morgan fingerprint density at radius 3 is 2.09 bits per heavy atom. The highest BCUT2D eigenvalue weighted by Gasteiger charge is 2.02. The number of aromatic nitrogens is 1. The van der Waals surface area contributed by atoms with E-state index in [1.807, 2.05) is 52.0 Å². The van der Waals surface area contributed by atoms with E-state index < -0.39 is 0 Å². The van der Waals surface area contributed by atoms with Gasteiger partial charge in [-0.05, 0) is 30.5 Å². The Hall–Kier alpha value is -1.70. The molecule has 0 atom stereocenters. The van der Waals surface area contributed by atoms with E-state index in [9.17, 15) is 4.39 Å². The third-order valence-electron chi connectivity index (χ3n) is 2.36. The summed E-state index contributed by atoms with van der Waals surface area (Å²) in [5, 5.41) is 0. The fraction of sp³-hybridized carbons (Fsp3) is 0.450. The van der Waals surface area contributed by atoms with Crippen LogP contribution in [0.4, 0.5) is 4.39 Å². The van der Waals surface area contributed by atoms with Gasteiger partial charge in [-0.1, -0.05) is 78.5 Å². The maximum atomic E-state index is 9.50. The normalized spacial score (nSPS) is 9.82. The lowest BCUT2D eigenvalue weighted by atomic mass is 10.1. The first-order chi connectivity index (χ1) is 10.6. The van der Waals surface area contributed by atoms with Crippen LogP contribution < -0.4 is 0 Å². The zero-order chi connectivity index (χ0) is 18.0. The minimum atomic E-state index is 0.469. The molecule has 126 valence electrons. The Morgan fingerprint density at radius 1 is 1.09 bits per heavy atom. The lowest BCUT2D eigenvalue weighted by Gasteiger charge is -2.06. The van der Waals surface area contributed by atoms with Crippen molar-refractivity contribution in [3.63, 3.8) is 0 Å². The molecule has 0 radical (unpaired) electrons. The second-order valence-electron chi connectivity index (χ2n) is 4.07. The van der Waals surface area contributed by atoms with Gasteiger partial charge >= 0.3 is 0 Å². The summed E-state index contributed by atoms with van der Waals surface area (Å²) in [6, 6.07) is 6.17. The van der Waals surface area contributed by atoms with E-state index in [4.69, 9.17) is 0 Å². The lowest BCUT2D eigenvalue weighted by Crippen LogP contribution is -1.95. The number of alkyl halides is 1. The highest BCUT2D eigenvalue weighted by Crippen LogP contribution is 2.16. The van der Waals surface area contributed by atoms with Gasteiger partial charge in [-0.3, -0.25) is 9.37 Å². The summed E-state index contributed by atoms with van der Waals surface area (Å²) < 4.78 is 9.50. The summed E-state index contributed by atoms with van der Waals surface area (Å²) in [6.07, 6.45) is 7.71. The second kappa shape index (κ2) is 19.3. The summed E-state index contributed by atoms with van der Waals surface area (Å²) in [4.78, 5) is 4.62. The summed E-state index contributed by atoms with van der Waals surface area (Å²) in [5.41, 5.74) is 3.35. The molecule has 0 amide bonds. The van der Waals surface area contributed by atoms with Gasteiger partial charge in [-0.15, -0.1) is 0 Å². The van der Waals surface area contributed by atoms with E-state index in [1.54, 1.807) is 6.08 Å². The predicted molar refractivity (Wildman–Crippen MR) is 101 cm³/mol. The molecule has 1 aromatic heterocycles. The van der Waals surface area contributed by atoms with Crippen LogP contribution in [-0.2, 0) is 0 Å². The first kappa shape index (κ1) is 25.3. The monoisotopic (exact) mass is 307 g/mol. The largest absolute Gasteiger partial charge is 0.255 e. The van der Waals surface area contributed by atoms with Crippen LogP contribution in [0.15, 0.2) is 49.1 Å². The molecule has 1 aromatic rings. The molecular weight excluding hydrogens is 273 g/mol. The minimum absolute atomic E-state index is 0.469. The van der Waals surface area contributed by atoms with E-state index in [1.165, 1.54) is 5.57 Å². The maximum Gasteiger partial charge on any atom is 0.0785 e. The highest BCUT2D eigenvalue weighted by molar-refractivity contribution is 5.62. The molecule has 0 bridgehead atoms. The van der Waals surface area contributed by atoms with Crippen molar-refractivity contribution in [3.8, 4) is 0 Å². The molecule has 0 aliphatic rings. The van der Waals surface area contributed by atoms with Gasteiger partial charge in [0.05, 0.1) is 12.9 Å². The van der Waals surface area contributed by atoms with Crippen LogP contribution in [0, 0.1) is 0 Å². The fourth-order valence-corrected chi connectivity index (χ4v) is 1.36. The number of rotatable bonds is 4. The first-order valence-corrected chi connectivity index (χ1v) is 7.96. The van der Waals surface area contributed by atoms with E-state index in [-0.39, 0.29) is 0 Å². The van der Waals surface area contributed by atoms with Crippen LogP contribution in [0.25, 0.3) is 5.57 Å². The molecule has 0 aliphatic carbocycles. The molecule has 0 spiro atoms. The number of halogens is 1. The van der Waals surface area contributed by atoms with Crippen LogP contribution in [-0.4, -0.2) is 12.2 Å². The van der Waals surface area contributed by atoms with Crippen molar-refractivity contribution in [1.29, 1.82) is 0 Å². The highest BCUT2D eigenvalue weighted by atomic mass is 19.1. The zero-order valence-corrected chi connectivity index (χ0v) is 15.7. The molecule has 1 nitrogen and oxygen atoms in total. The molecule has 0 saturated carbocycles. The SMILES string of the molecule is C=C/C=C\C=C(/C)c1cccc(C(C)C)n1.CC.CC.CF. The van der Waals surface area contributed by atoms with Crippen LogP contribution in [0.1, 0.15) is 65.8 Å². The van der Waals surface area contributed by atoms with Gasteiger partial charge in [0.2, 0.25) is 0 Å². The Morgan fingerprint density at radius 2 is 1.64 bits per heavy atom. The van der Waals surface area contributed by atoms with Crippen LogP contribution >= 0.6 is 0 Å². The topological polar surface area (TPSA) is 12.9 Å². The van der Waals surface area contributed by atoms with E-state index in [0.717, 1.165) is 11.4 Å². The summed E-state index contributed by atoms with van der Waals surface area (Å²) in [6.45, 7) is 18.0. The zero-order valence-electron chi connectivity index (χ0n) is 15.7. The van der Waals surface area contributed by atoms with Crippen molar-refractivity contribution >= 4 is 5.57 Å². The molecule has 1 heterocycles.